The number of amides is 1. The predicted molar refractivity (Wildman–Crippen MR) is 54.8 cm³/mol. The maximum absolute atomic E-state index is 11.0. The Bertz CT molecular complexity index is 325. The largest absolute Gasteiger partial charge is 0.399 e. The Kier molecular flexibility index (Phi) is 3.14. The van der Waals surface area contributed by atoms with Crippen molar-refractivity contribution < 1.29 is 4.79 Å². The van der Waals surface area contributed by atoms with Gasteiger partial charge in [-0.3, -0.25) is 4.79 Å². The molecule has 1 aromatic rings. The molecular formula is C9H11ClN2O. The normalized spacial score (nSPS) is 9.69. The lowest BCUT2D eigenvalue weighted by molar-refractivity contribution is -0.115. The third-order valence-electron chi connectivity index (χ3n) is 1.59. The van der Waals surface area contributed by atoms with Gasteiger partial charge in [0.15, 0.2) is 0 Å². The molecule has 0 bridgehead atoms. The van der Waals surface area contributed by atoms with Crippen LogP contribution < -0.4 is 11.1 Å². The highest BCUT2D eigenvalue weighted by Gasteiger charge is 2.03. The zero-order valence-electron chi connectivity index (χ0n) is 7.30. The third kappa shape index (κ3) is 2.63. The minimum atomic E-state index is -0.0764. The van der Waals surface area contributed by atoms with Gasteiger partial charge in [-0.1, -0.05) is 18.5 Å². The van der Waals surface area contributed by atoms with Gasteiger partial charge in [0.1, 0.15) is 0 Å². The van der Waals surface area contributed by atoms with E-state index < -0.39 is 0 Å². The fourth-order valence-electron chi connectivity index (χ4n) is 0.877. The van der Waals surface area contributed by atoms with Gasteiger partial charge >= 0.3 is 0 Å². The summed E-state index contributed by atoms with van der Waals surface area (Å²) >= 11 is 5.83. The molecule has 1 amide bonds. The lowest BCUT2D eigenvalue weighted by Gasteiger charge is -2.06. The maximum Gasteiger partial charge on any atom is 0.224 e. The van der Waals surface area contributed by atoms with E-state index in [1.54, 1.807) is 25.1 Å². The van der Waals surface area contributed by atoms with E-state index in [9.17, 15) is 4.79 Å². The van der Waals surface area contributed by atoms with Crippen molar-refractivity contribution >= 4 is 28.9 Å². The minimum Gasteiger partial charge on any atom is -0.399 e. The zero-order chi connectivity index (χ0) is 9.84. The summed E-state index contributed by atoms with van der Waals surface area (Å²) in [5, 5.41) is 3.15. The van der Waals surface area contributed by atoms with Gasteiger partial charge in [-0.2, -0.15) is 0 Å². The van der Waals surface area contributed by atoms with Crippen LogP contribution in [0.15, 0.2) is 18.2 Å². The molecule has 0 saturated carbocycles. The molecule has 0 aliphatic rings. The van der Waals surface area contributed by atoms with E-state index in [0.717, 1.165) is 0 Å². The standard InChI is InChI=1S/C9H11ClN2O/c1-2-9(13)12-8-5-6(11)3-4-7(8)10/h3-5H,2,11H2,1H3,(H,12,13). The van der Waals surface area contributed by atoms with E-state index in [1.807, 2.05) is 0 Å². The Morgan fingerprint density at radius 2 is 2.31 bits per heavy atom. The average molecular weight is 199 g/mol. The Hall–Kier alpha value is -1.22. The van der Waals surface area contributed by atoms with Crippen LogP contribution in [-0.2, 0) is 4.79 Å². The van der Waals surface area contributed by atoms with Crippen molar-refractivity contribution in [3.05, 3.63) is 23.2 Å². The molecule has 0 heterocycles. The van der Waals surface area contributed by atoms with Gasteiger partial charge in [0.25, 0.3) is 0 Å². The number of benzene rings is 1. The smallest absolute Gasteiger partial charge is 0.224 e. The monoisotopic (exact) mass is 198 g/mol. The summed E-state index contributed by atoms with van der Waals surface area (Å²) in [5.41, 5.74) is 6.68. The van der Waals surface area contributed by atoms with Gasteiger partial charge in [0.2, 0.25) is 5.91 Å². The number of nitrogens with two attached hydrogens (primary N) is 1. The predicted octanol–water partition coefficient (Wildman–Crippen LogP) is 2.27. The SMILES string of the molecule is CCC(=O)Nc1cc(N)ccc1Cl. The van der Waals surface area contributed by atoms with Crippen LogP contribution in [0.3, 0.4) is 0 Å². The second kappa shape index (κ2) is 4.14. The Balaban J connectivity index is 2.87. The van der Waals surface area contributed by atoms with Crippen LogP contribution in [0.25, 0.3) is 0 Å². The highest BCUT2D eigenvalue weighted by atomic mass is 35.5. The molecule has 3 nitrogen and oxygen atoms in total. The van der Waals surface area contributed by atoms with Crippen molar-refractivity contribution in [2.45, 2.75) is 13.3 Å². The summed E-state index contributed by atoms with van der Waals surface area (Å²) < 4.78 is 0. The van der Waals surface area contributed by atoms with Gasteiger partial charge < -0.3 is 11.1 Å². The van der Waals surface area contributed by atoms with Crippen LogP contribution in [-0.4, -0.2) is 5.91 Å². The second-order valence-corrected chi connectivity index (χ2v) is 3.05. The molecule has 0 radical (unpaired) electrons. The summed E-state index contributed by atoms with van der Waals surface area (Å²) in [7, 11) is 0. The lowest BCUT2D eigenvalue weighted by atomic mass is 10.2. The molecule has 0 aliphatic carbocycles. The number of nitrogen functional groups attached to an aromatic ring is 1. The molecule has 13 heavy (non-hydrogen) atoms. The van der Waals surface area contributed by atoms with Crippen molar-refractivity contribution in [1.82, 2.24) is 0 Å². The molecule has 70 valence electrons. The third-order valence-corrected chi connectivity index (χ3v) is 1.92. The molecule has 0 saturated heterocycles. The molecule has 0 aromatic heterocycles. The molecule has 0 fully saturated rings. The van der Waals surface area contributed by atoms with Crippen LogP contribution >= 0.6 is 11.6 Å². The van der Waals surface area contributed by atoms with Crippen molar-refractivity contribution in [3.63, 3.8) is 0 Å². The number of nitrogens with one attached hydrogen (secondary N) is 1. The summed E-state index contributed by atoms with van der Waals surface area (Å²) in [5.74, 6) is -0.0764. The average Bonchev–Trinajstić information content (AvgIpc) is 2.11. The summed E-state index contributed by atoms with van der Waals surface area (Å²) in [6, 6.07) is 4.97. The van der Waals surface area contributed by atoms with E-state index in [1.165, 1.54) is 0 Å². The van der Waals surface area contributed by atoms with Gasteiger partial charge in [-0.25, -0.2) is 0 Å². The molecule has 1 aromatic carbocycles. The molecule has 0 unspecified atom stereocenters. The van der Waals surface area contributed by atoms with Crippen LogP contribution in [0.4, 0.5) is 11.4 Å². The summed E-state index contributed by atoms with van der Waals surface area (Å²) in [6.45, 7) is 1.77. The summed E-state index contributed by atoms with van der Waals surface area (Å²) in [6.07, 6.45) is 0.422. The molecule has 3 N–H and O–H groups in total. The number of halogens is 1. The molecule has 1 rings (SSSR count). The second-order valence-electron chi connectivity index (χ2n) is 2.64. The highest BCUT2D eigenvalue weighted by molar-refractivity contribution is 6.33. The van der Waals surface area contributed by atoms with E-state index in [2.05, 4.69) is 5.32 Å². The molecule has 0 atom stereocenters. The molecular weight excluding hydrogens is 188 g/mol. The fraction of sp³-hybridized carbons (Fsp3) is 0.222. The van der Waals surface area contributed by atoms with Gasteiger partial charge in [-0.15, -0.1) is 0 Å². The summed E-state index contributed by atoms with van der Waals surface area (Å²) in [4.78, 5) is 11.0. The van der Waals surface area contributed by atoms with Crippen LogP contribution in [0.2, 0.25) is 5.02 Å². The van der Waals surface area contributed by atoms with Crippen molar-refractivity contribution in [2.75, 3.05) is 11.1 Å². The Labute approximate surface area is 81.9 Å². The number of hydrogen-bond acceptors (Lipinski definition) is 2. The molecule has 0 aliphatic heterocycles. The number of anilines is 2. The number of carbonyl (C=O) groups is 1. The van der Waals surface area contributed by atoms with Crippen molar-refractivity contribution in [1.29, 1.82) is 0 Å². The first-order valence-corrected chi connectivity index (χ1v) is 4.36. The van der Waals surface area contributed by atoms with Gasteiger partial charge in [0.05, 0.1) is 10.7 Å². The van der Waals surface area contributed by atoms with Gasteiger partial charge in [-0.05, 0) is 18.2 Å². The Morgan fingerprint density at radius 1 is 1.62 bits per heavy atom. The minimum absolute atomic E-state index is 0.0764. The van der Waals surface area contributed by atoms with Gasteiger partial charge in [0, 0.05) is 12.1 Å². The van der Waals surface area contributed by atoms with Crippen LogP contribution in [0.5, 0.6) is 0 Å². The van der Waals surface area contributed by atoms with Crippen LogP contribution in [0.1, 0.15) is 13.3 Å². The first-order chi connectivity index (χ1) is 6.13. The van der Waals surface area contributed by atoms with Crippen LogP contribution in [0, 0.1) is 0 Å². The van der Waals surface area contributed by atoms with E-state index in [0.29, 0.717) is 22.8 Å². The number of carbonyl (C=O) groups excluding carboxylic acids is 1. The topological polar surface area (TPSA) is 55.1 Å². The quantitative estimate of drug-likeness (QED) is 0.717. The van der Waals surface area contributed by atoms with E-state index >= 15 is 0 Å². The molecule has 0 spiro atoms. The van der Waals surface area contributed by atoms with Crippen molar-refractivity contribution in [3.8, 4) is 0 Å². The number of hydrogen-bond donors (Lipinski definition) is 2. The van der Waals surface area contributed by atoms with Crippen molar-refractivity contribution in [2.24, 2.45) is 0 Å². The maximum atomic E-state index is 11.0. The first-order valence-electron chi connectivity index (χ1n) is 3.98. The number of rotatable bonds is 2. The first kappa shape index (κ1) is 9.86. The lowest BCUT2D eigenvalue weighted by Crippen LogP contribution is -2.09. The Morgan fingerprint density at radius 3 is 2.92 bits per heavy atom. The molecule has 4 heteroatoms. The highest BCUT2D eigenvalue weighted by Crippen LogP contribution is 2.23. The van der Waals surface area contributed by atoms with E-state index in [4.69, 9.17) is 17.3 Å². The zero-order valence-corrected chi connectivity index (χ0v) is 8.06. The van der Waals surface area contributed by atoms with E-state index in [-0.39, 0.29) is 5.91 Å². The fourth-order valence-corrected chi connectivity index (χ4v) is 1.04.